The van der Waals surface area contributed by atoms with Gasteiger partial charge < -0.3 is 15.4 Å². The van der Waals surface area contributed by atoms with E-state index in [1.807, 2.05) is 0 Å². The highest BCUT2D eigenvalue weighted by molar-refractivity contribution is 5.97. The number of unbranched alkanes of at least 4 members (excludes halogenated alkanes) is 4. The number of benzene rings is 2. The molecule has 0 bridgehead atoms. The van der Waals surface area contributed by atoms with E-state index in [2.05, 4.69) is 27.5 Å². The van der Waals surface area contributed by atoms with Crippen molar-refractivity contribution in [2.75, 3.05) is 19.0 Å². The molecule has 1 aromatic heterocycles. The van der Waals surface area contributed by atoms with Crippen molar-refractivity contribution in [3.63, 3.8) is 0 Å². The van der Waals surface area contributed by atoms with Gasteiger partial charge in [0.25, 0.3) is 0 Å². The molecule has 0 fully saturated rings. The number of nitrogens with zero attached hydrogens (tertiary/aromatic N) is 1. The maximum atomic E-state index is 15.0. The van der Waals surface area contributed by atoms with Crippen LogP contribution in [-0.4, -0.2) is 30.5 Å². The van der Waals surface area contributed by atoms with Crippen molar-refractivity contribution in [3.8, 4) is 11.1 Å². The summed E-state index contributed by atoms with van der Waals surface area (Å²) in [4.78, 5) is 29.3. The summed E-state index contributed by atoms with van der Waals surface area (Å²) in [5.74, 6) is -1.20. The molecule has 3 aromatic rings. The number of anilines is 1. The first-order chi connectivity index (χ1) is 19.4. The van der Waals surface area contributed by atoms with Crippen molar-refractivity contribution in [3.05, 3.63) is 82.5 Å². The molecule has 2 N–H and O–H groups in total. The van der Waals surface area contributed by atoms with E-state index in [9.17, 15) is 14.0 Å². The zero-order valence-electron chi connectivity index (χ0n) is 23.2. The molecule has 0 saturated carbocycles. The summed E-state index contributed by atoms with van der Waals surface area (Å²) in [5.41, 5.74) is 3.09. The lowest BCUT2D eigenvalue weighted by molar-refractivity contribution is -0.121. The number of carbonyl (C=O) groups is 2. The van der Waals surface area contributed by atoms with Crippen LogP contribution in [0.1, 0.15) is 85.1 Å². The van der Waals surface area contributed by atoms with E-state index >= 15 is 4.39 Å². The average molecular weight is 550 g/mol. The minimum absolute atomic E-state index is 0.125. The number of nitrogens with one attached hydrogen (secondary N) is 2. The predicted molar refractivity (Wildman–Crippen MR) is 152 cm³/mol. The quantitative estimate of drug-likeness (QED) is 0.189. The Morgan fingerprint density at radius 1 is 1.02 bits per heavy atom. The normalized spacial score (nSPS) is 13.2. The van der Waals surface area contributed by atoms with Crippen LogP contribution in [0.25, 0.3) is 11.1 Å². The molecule has 8 heteroatoms. The van der Waals surface area contributed by atoms with Gasteiger partial charge in [-0.1, -0.05) is 49.6 Å². The Balaban J connectivity index is 1.20. The largest absolute Gasteiger partial charge is 0.465 e. The van der Waals surface area contributed by atoms with E-state index in [1.54, 1.807) is 19.1 Å². The van der Waals surface area contributed by atoms with Crippen LogP contribution in [-0.2, 0) is 22.4 Å². The lowest BCUT2D eigenvalue weighted by Crippen LogP contribution is -2.26. The van der Waals surface area contributed by atoms with E-state index < -0.39 is 23.6 Å². The Hall–Kier alpha value is -3.81. The number of hydrogen-bond donors (Lipinski definition) is 2. The third kappa shape index (κ3) is 7.43. The fourth-order valence-corrected chi connectivity index (χ4v) is 5.14. The van der Waals surface area contributed by atoms with Crippen molar-refractivity contribution < 1.29 is 23.1 Å². The first kappa shape index (κ1) is 29.2. The molecule has 0 aliphatic carbocycles. The molecule has 1 amide bonds. The smallest absolute Gasteiger partial charge is 0.341 e. The van der Waals surface area contributed by atoms with Crippen LogP contribution in [0.4, 0.5) is 14.6 Å². The molecule has 2 aromatic carbocycles. The van der Waals surface area contributed by atoms with Gasteiger partial charge in [0.15, 0.2) is 0 Å². The third-order valence-electron chi connectivity index (χ3n) is 7.35. The number of rotatable bonds is 12. The Kier molecular flexibility index (Phi) is 10.2. The zero-order chi connectivity index (χ0) is 28.5. The Labute approximate surface area is 234 Å². The van der Waals surface area contributed by atoms with Gasteiger partial charge in [-0.2, -0.15) is 0 Å². The van der Waals surface area contributed by atoms with E-state index in [1.165, 1.54) is 30.9 Å². The first-order valence-corrected chi connectivity index (χ1v) is 14.1. The molecule has 0 saturated heterocycles. The second-order valence-electron chi connectivity index (χ2n) is 10.3. The van der Waals surface area contributed by atoms with Crippen molar-refractivity contribution in [1.29, 1.82) is 0 Å². The summed E-state index contributed by atoms with van der Waals surface area (Å²) >= 11 is 0. The summed E-state index contributed by atoms with van der Waals surface area (Å²) in [7, 11) is 1.17. The van der Waals surface area contributed by atoms with Crippen LogP contribution in [0.15, 0.2) is 48.5 Å². The molecule has 0 spiro atoms. The topological polar surface area (TPSA) is 80.3 Å². The number of fused-ring (bicyclic) bond motifs is 1. The van der Waals surface area contributed by atoms with Gasteiger partial charge in [-0.05, 0) is 73.9 Å². The highest BCUT2D eigenvalue weighted by Gasteiger charge is 2.20. The molecule has 4 rings (SSSR count). The lowest BCUT2D eigenvalue weighted by Gasteiger charge is -2.17. The summed E-state index contributed by atoms with van der Waals surface area (Å²) in [5, 5.41) is 6.25. The molecular formula is C32H37F2N3O3. The molecular weight excluding hydrogens is 512 g/mol. The maximum absolute atomic E-state index is 15.0. The van der Waals surface area contributed by atoms with Gasteiger partial charge in [0, 0.05) is 24.2 Å². The highest BCUT2D eigenvalue weighted by atomic mass is 19.1. The van der Waals surface area contributed by atoms with Crippen LogP contribution in [0, 0.1) is 11.6 Å². The number of ether oxygens (including phenoxy) is 1. The van der Waals surface area contributed by atoms with Crippen molar-refractivity contribution >= 4 is 17.7 Å². The highest BCUT2D eigenvalue weighted by Crippen LogP contribution is 2.29. The van der Waals surface area contributed by atoms with Gasteiger partial charge in [0.1, 0.15) is 23.0 Å². The summed E-state index contributed by atoms with van der Waals surface area (Å²) in [6.07, 6.45) is 8.54. The number of halogens is 2. The molecule has 0 radical (unpaired) electrons. The van der Waals surface area contributed by atoms with Crippen LogP contribution < -0.4 is 10.6 Å². The standard InChI is InChI=1S/C32H37F2N3O3/c1-21(25-18-16-23(20-28(25)34)26-12-8-13-27(33)30(26)32(39)40-2)36-29(38)14-7-5-3-4-6-11-24-17-15-22-10-9-19-35-31(22)37-24/h8,12-13,15-18,20-21H,3-7,9-11,14,19H2,1-2H3,(H,35,37)(H,36,38)/t21-/m0/s1. The number of hydrogen-bond acceptors (Lipinski definition) is 5. The SMILES string of the molecule is COC(=O)c1c(F)cccc1-c1ccc([C@H](C)NC(=O)CCCCCCCc2ccc3c(n2)NCCC3)c(F)c1. The Bertz CT molecular complexity index is 1340. The van der Waals surface area contributed by atoms with Crippen LogP contribution in [0.3, 0.4) is 0 Å². The van der Waals surface area contributed by atoms with Gasteiger partial charge >= 0.3 is 5.97 Å². The number of carbonyl (C=O) groups excluding carboxylic acids is 2. The molecule has 0 unspecified atom stereocenters. The number of pyridine rings is 1. The van der Waals surface area contributed by atoms with Gasteiger partial charge in [-0.3, -0.25) is 4.79 Å². The Morgan fingerprint density at radius 2 is 1.82 bits per heavy atom. The van der Waals surface area contributed by atoms with Gasteiger partial charge in [0.05, 0.1) is 13.2 Å². The van der Waals surface area contributed by atoms with Crippen LogP contribution in [0.2, 0.25) is 0 Å². The number of aromatic nitrogens is 1. The van der Waals surface area contributed by atoms with Crippen molar-refractivity contribution in [1.82, 2.24) is 10.3 Å². The number of esters is 1. The minimum Gasteiger partial charge on any atom is -0.465 e. The molecule has 1 aliphatic rings. The van der Waals surface area contributed by atoms with Crippen LogP contribution in [0.5, 0.6) is 0 Å². The molecule has 1 aliphatic heterocycles. The average Bonchev–Trinajstić information content (AvgIpc) is 2.95. The minimum atomic E-state index is -0.831. The monoisotopic (exact) mass is 549 g/mol. The van der Waals surface area contributed by atoms with E-state index in [0.29, 0.717) is 17.5 Å². The fourth-order valence-electron chi connectivity index (χ4n) is 5.14. The molecule has 40 heavy (non-hydrogen) atoms. The predicted octanol–water partition coefficient (Wildman–Crippen LogP) is 6.93. The van der Waals surface area contributed by atoms with Crippen LogP contribution >= 0.6 is 0 Å². The zero-order valence-corrected chi connectivity index (χ0v) is 23.2. The molecule has 6 nitrogen and oxygen atoms in total. The van der Waals surface area contributed by atoms with Gasteiger partial charge in [-0.15, -0.1) is 0 Å². The lowest BCUT2D eigenvalue weighted by atomic mass is 9.96. The number of aryl methyl sites for hydroxylation is 2. The van der Waals surface area contributed by atoms with E-state index in [4.69, 9.17) is 4.98 Å². The fraction of sp³-hybridized carbons (Fsp3) is 0.406. The van der Waals surface area contributed by atoms with Gasteiger partial charge in [0.2, 0.25) is 5.91 Å². The summed E-state index contributed by atoms with van der Waals surface area (Å²) in [6.45, 7) is 2.72. The number of amides is 1. The van der Waals surface area contributed by atoms with Crippen molar-refractivity contribution in [2.45, 2.75) is 70.8 Å². The third-order valence-corrected chi connectivity index (χ3v) is 7.35. The Morgan fingerprint density at radius 3 is 2.62 bits per heavy atom. The second-order valence-corrected chi connectivity index (χ2v) is 10.3. The van der Waals surface area contributed by atoms with Crippen molar-refractivity contribution in [2.24, 2.45) is 0 Å². The summed E-state index contributed by atoms with van der Waals surface area (Å²) in [6, 6.07) is 12.3. The molecule has 212 valence electrons. The maximum Gasteiger partial charge on any atom is 0.341 e. The summed E-state index contributed by atoms with van der Waals surface area (Å²) < 4.78 is 34.0. The first-order valence-electron chi connectivity index (χ1n) is 14.1. The van der Waals surface area contributed by atoms with Gasteiger partial charge in [-0.25, -0.2) is 18.6 Å². The van der Waals surface area contributed by atoms with E-state index in [-0.39, 0.29) is 17.0 Å². The molecule has 2 heterocycles. The second kappa shape index (κ2) is 14.0. The molecule has 1 atom stereocenters. The van der Waals surface area contributed by atoms with E-state index in [0.717, 1.165) is 75.5 Å². The number of methoxy groups -OCH3 is 1.